The van der Waals surface area contributed by atoms with Gasteiger partial charge in [0, 0.05) is 12.1 Å². The summed E-state index contributed by atoms with van der Waals surface area (Å²) in [6, 6.07) is 30.6. The van der Waals surface area contributed by atoms with Crippen molar-refractivity contribution in [3.63, 3.8) is 0 Å². The minimum atomic E-state index is -0.403. The van der Waals surface area contributed by atoms with Gasteiger partial charge in [-0.15, -0.1) is 0 Å². The molecule has 174 valence electrons. The Hall–Kier alpha value is -4.25. The topological polar surface area (TPSA) is 55.2 Å². The maximum atomic E-state index is 13.7. The van der Waals surface area contributed by atoms with Crippen molar-refractivity contribution in [2.24, 2.45) is 0 Å². The lowest BCUT2D eigenvalue weighted by molar-refractivity contribution is 0.0691. The number of carbonyl (C=O) groups is 1. The molecule has 1 amide bonds. The Balaban J connectivity index is 1.59. The summed E-state index contributed by atoms with van der Waals surface area (Å²) >= 11 is 0. The Labute approximate surface area is 204 Å². The lowest BCUT2D eigenvalue weighted by atomic mass is 10.1. The normalized spacial score (nSPS) is 12.1. The van der Waals surface area contributed by atoms with Crippen molar-refractivity contribution in [3.05, 3.63) is 124 Å². The maximum Gasteiger partial charge on any atom is 0.261 e. The molecule has 0 saturated carbocycles. The second-order valence-corrected chi connectivity index (χ2v) is 8.69. The molecule has 5 rings (SSSR count). The summed E-state index contributed by atoms with van der Waals surface area (Å²) in [5.41, 5.74) is 2.16. The Morgan fingerprint density at radius 3 is 2.34 bits per heavy atom. The summed E-state index contributed by atoms with van der Waals surface area (Å²) in [7, 11) is 0. The van der Waals surface area contributed by atoms with Crippen molar-refractivity contribution < 1.29 is 4.79 Å². The van der Waals surface area contributed by atoms with Gasteiger partial charge in [-0.2, -0.15) is 0 Å². The van der Waals surface area contributed by atoms with E-state index in [1.54, 1.807) is 15.5 Å². The molecule has 0 aliphatic carbocycles. The third-order valence-electron chi connectivity index (χ3n) is 6.51. The van der Waals surface area contributed by atoms with Gasteiger partial charge in [-0.25, -0.2) is 4.98 Å². The van der Waals surface area contributed by atoms with Crippen LogP contribution in [0.5, 0.6) is 0 Å². The molecule has 5 heteroatoms. The van der Waals surface area contributed by atoms with Gasteiger partial charge in [0.05, 0.1) is 23.5 Å². The lowest BCUT2D eigenvalue weighted by Crippen LogP contribution is -2.38. The fourth-order valence-electron chi connectivity index (χ4n) is 4.64. The molecule has 4 aromatic carbocycles. The zero-order valence-corrected chi connectivity index (χ0v) is 19.9. The molecule has 0 aliphatic rings. The molecule has 1 heterocycles. The standard InChI is InChI=1S/C30H27N3O2/c1-3-32(29(34)25-18-17-23-13-7-8-14-24(23)19-25)21(2)28-31-27-16-10-9-15-26(27)30(35)33(28)20-22-11-5-4-6-12-22/h4-19,21H,3,20H2,1-2H3. The molecular weight excluding hydrogens is 434 g/mol. The maximum absolute atomic E-state index is 13.7. The summed E-state index contributed by atoms with van der Waals surface area (Å²) in [5.74, 6) is 0.493. The lowest BCUT2D eigenvalue weighted by Gasteiger charge is -2.30. The van der Waals surface area contributed by atoms with Crippen molar-refractivity contribution in [3.8, 4) is 0 Å². The molecule has 1 atom stereocenters. The smallest absolute Gasteiger partial charge is 0.261 e. The van der Waals surface area contributed by atoms with E-state index in [9.17, 15) is 9.59 Å². The number of carbonyl (C=O) groups excluding carboxylic acids is 1. The third kappa shape index (κ3) is 4.33. The van der Waals surface area contributed by atoms with Crippen molar-refractivity contribution in [1.82, 2.24) is 14.5 Å². The second kappa shape index (κ2) is 9.55. The first-order valence-electron chi connectivity index (χ1n) is 11.9. The Bertz CT molecular complexity index is 1570. The van der Waals surface area contributed by atoms with Crippen LogP contribution >= 0.6 is 0 Å². The minimum Gasteiger partial charge on any atom is -0.329 e. The second-order valence-electron chi connectivity index (χ2n) is 8.69. The van der Waals surface area contributed by atoms with E-state index in [-0.39, 0.29) is 11.5 Å². The van der Waals surface area contributed by atoms with Crippen LogP contribution in [0.1, 0.15) is 41.6 Å². The van der Waals surface area contributed by atoms with E-state index < -0.39 is 6.04 Å². The van der Waals surface area contributed by atoms with Crippen molar-refractivity contribution in [2.45, 2.75) is 26.4 Å². The Morgan fingerprint density at radius 2 is 1.57 bits per heavy atom. The van der Waals surface area contributed by atoms with Gasteiger partial charge in [-0.05, 0) is 54.4 Å². The van der Waals surface area contributed by atoms with Crippen LogP contribution in [-0.4, -0.2) is 26.9 Å². The molecule has 35 heavy (non-hydrogen) atoms. The quantitative estimate of drug-likeness (QED) is 0.320. The highest BCUT2D eigenvalue weighted by atomic mass is 16.2. The van der Waals surface area contributed by atoms with Crippen LogP contribution in [0.25, 0.3) is 21.7 Å². The molecule has 0 saturated heterocycles. The molecule has 0 N–H and O–H groups in total. The number of nitrogens with zero attached hydrogens (tertiary/aromatic N) is 3. The largest absolute Gasteiger partial charge is 0.329 e. The number of fused-ring (bicyclic) bond motifs is 2. The van der Waals surface area contributed by atoms with Gasteiger partial charge in [0.15, 0.2) is 0 Å². The third-order valence-corrected chi connectivity index (χ3v) is 6.51. The number of amides is 1. The predicted octanol–water partition coefficient (Wildman–Crippen LogP) is 5.82. The summed E-state index contributed by atoms with van der Waals surface area (Å²) < 4.78 is 1.71. The van der Waals surface area contributed by atoms with Crippen LogP contribution in [0, 0.1) is 0 Å². The van der Waals surface area contributed by atoms with Crippen molar-refractivity contribution in [1.29, 1.82) is 0 Å². The highest BCUT2D eigenvalue weighted by molar-refractivity contribution is 5.98. The van der Waals surface area contributed by atoms with Crippen molar-refractivity contribution >= 4 is 27.6 Å². The van der Waals surface area contributed by atoms with Gasteiger partial charge < -0.3 is 4.90 Å². The SMILES string of the molecule is CCN(C(=O)c1ccc2ccccc2c1)C(C)c1nc2ccccc2c(=O)n1Cc1ccccc1. The monoisotopic (exact) mass is 461 g/mol. The molecule has 5 aromatic rings. The first-order chi connectivity index (χ1) is 17.1. The van der Waals surface area contributed by atoms with Crippen LogP contribution in [0.2, 0.25) is 0 Å². The number of aromatic nitrogens is 2. The molecular formula is C30H27N3O2. The molecule has 0 aliphatic heterocycles. The number of rotatable bonds is 6. The van der Waals surface area contributed by atoms with E-state index in [4.69, 9.17) is 4.98 Å². The molecule has 0 fully saturated rings. The molecule has 0 radical (unpaired) electrons. The van der Waals surface area contributed by atoms with Crippen molar-refractivity contribution in [2.75, 3.05) is 6.54 Å². The fourth-order valence-corrected chi connectivity index (χ4v) is 4.64. The minimum absolute atomic E-state index is 0.0839. The molecule has 5 nitrogen and oxygen atoms in total. The first-order valence-corrected chi connectivity index (χ1v) is 11.9. The molecule has 0 bridgehead atoms. The van der Waals surface area contributed by atoms with E-state index in [2.05, 4.69) is 0 Å². The van der Waals surface area contributed by atoms with Gasteiger partial charge in [-0.1, -0.05) is 72.8 Å². The summed E-state index contributed by atoms with van der Waals surface area (Å²) in [6.45, 7) is 4.77. The molecule has 0 spiro atoms. The van der Waals surface area contributed by atoms with Crippen LogP contribution < -0.4 is 5.56 Å². The van der Waals surface area contributed by atoms with Crippen LogP contribution in [0.3, 0.4) is 0 Å². The van der Waals surface area contributed by atoms with Gasteiger partial charge in [-0.3, -0.25) is 14.2 Å². The van der Waals surface area contributed by atoms with E-state index in [1.807, 2.05) is 105 Å². The average Bonchev–Trinajstić information content (AvgIpc) is 2.90. The number of para-hydroxylation sites is 1. The van der Waals surface area contributed by atoms with E-state index >= 15 is 0 Å². The van der Waals surface area contributed by atoms with E-state index in [0.717, 1.165) is 16.3 Å². The van der Waals surface area contributed by atoms with Crippen LogP contribution in [0.4, 0.5) is 0 Å². The summed E-state index contributed by atoms with van der Waals surface area (Å²) in [6.07, 6.45) is 0. The zero-order valence-electron chi connectivity index (χ0n) is 19.9. The highest BCUT2D eigenvalue weighted by Crippen LogP contribution is 2.24. The van der Waals surface area contributed by atoms with Gasteiger partial charge in [0.25, 0.3) is 11.5 Å². The van der Waals surface area contributed by atoms with Crippen LogP contribution in [0.15, 0.2) is 102 Å². The van der Waals surface area contributed by atoms with Crippen LogP contribution in [-0.2, 0) is 6.54 Å². The van der Waals surface area contributed by atoms with E-state index in [1.165, 1.54) is 0 Å². The fraction of sp³-hybridized carbons (Fsp3) is 0.167. The Morgan fingerprint density at radius 1 is 0.886 bits per heavy atom. The first kappa shape index (κ1) is 22.5. The van der Waals surface area contributed by atoms with E-state index in [0.29, 0.717) is 35.4 Å². The zero-order chi connectivity index (χ0) is 24.4. The summed E-state index contributed by atoms with van der Waals surface area (Å²) in [4.78, 5) is 33.9. The molecule has 1 aromatic heterocycles. The van der Waals surface area contributed by atoms with Gasteiger partial charge >= 0.3 is 0 Å². The van der Waals surface area contributed by atoms with Gasteiger partial charge in [0.2, 0.25) is 0 Å². The Kier molecular flexibility index (Phi) is 6.15. The highest BCUT2D eigenvalue weighted by Gasteiger charge is 2.26. The number of hydrogen-bond acceptors (Lipinski definition) is 3. The number of benzene rings is 4. The number of hydrogen-bond donors (Lipinski definition) is 0. The van der Waals surface area contributed by atoms with Gasteiger partial charge in [0.1, 0.15) is 5.82 Å². The summed E-state index contributed by atoms with van der Waals surface area (Å²) in [5, 5.41) is 2.68. The average molecular weight is 462 g/mol. The predicted molar refractivity (Wildman–Crippen MR) is 141 cm³/mol. The molecule has 1 unspecified atom stereocenters.